The first-order chi connectivity index (χ1) is 32.2. The van der Waals surface area contributed by atoms with Crippen LogP contribution in [0.3, 0.4) is 0 Å². The summed E-state index contributed by atoms with van der Waals surface area (Å²) in [6, 6.07) is 75.1. The van der Waals surface area contributed by atoms with E-state index >= 15 is 0 Å². The van der Waals surface area contributed by atoms with Crippen LogP contribution in [0.1, 0.15) is 0 Å². The molecule has 0 aliphatic heterocycles. The van der Waals surface area contributed by atoms with Gasteiger partial charge in [0.2, 0.25) is 0 Å². The summed E-state index contributed by atoms with van der Waals surface area (Å²) in [6.07, 6.45) is 1.88. The van der Waals surface area contributed by atoms with Crippen molar-refractivity contribution in [2.45, 2.75) is 0 Å². The van der Waals surface area contributed by atoms with Crippen molar-refractivity contribution in [1.82, 2.24) is 14.1 Å². The standard InChI is InChI=1S/C59H36N4O2/c1-3-12-37(13-4-1)38-21-23-40(24-22-38)61(39-14-5-2-6-15-39)41-25-27-42(28-26-41)62-51-33-31-46-45-30-32-50-55(58(45)65-59(46)56(51)57-52(62)19-11-35-60-57)47-17-7-9-18-49(47)63(50)43-29-34-54-48(36-43)44-16-8-10-20-53(44)64-54/h1-36H. The molecule has 6 heteroatoms. The monoisotopic (exact) mass is 832 g/mol. The normalized spacial score (nSPS) is 12.0. The first kappa shape index (κ1) is 35.7. The molecule has 5 aromatic heterocycles. The van der Waals surface area contributed by atoms with Gasteiger partial charge in [-0.1, -0.05) is 97.1 Å². The van der Waals surface area contributed by atoms with Gasteiger partial charge in [-0.05, 0) is 126 Å². The molecule has 0 saturated heterocycles. The Balaban J connectivity index is 0.926. The number of hydrogen-bond acceptors (Lipinski definition) is 4. The minimum atomic E-state index is 0.835. The molecule has 0 spiro atoms. The zero-order valence-electron chi connectivity index (χ0n) is 34.9. The Morgan fingerprint density at radius 2 is 0.923 bits per heavy atom. The number of nitrogens with zero attached hydrogens (tertiary/aromatic N) is 4. The smallest absolute Gasteiger partial charge is 0.147 e. The van der Waals surface area contributed by atoms with Gasteiger partial charge in [0.25, 0.3) is 0 Å². The van der Waals surface area contributed by atoms with Gasteiger partial charge >= 0.3 is 0 Å². The molecule has 0 fully saturated rings. The van der Waals surface area contributed by atoms with Gasteiger partial charge < -0.3 is 22.9 Å². The predicted octanol–water partition coefficient (Wildman–Crippen LogP) is 16.2. The molecule has 0 aliphatic rings. The molecule has 0 amide bonds. The third kappa shape index (κ3) is 5.31. The van der Waals surface area contributed by atoms with Crippen LogP contribution in [-0.4, -0.2) is 14.1 Å². The number of aromatic nitrogens is 3. The van der Waals surface area contributed by atoms with Gasteiger partial charge in [0, 0.05) is 61.6 Å². The van der Waals surface area contributed by atoms with Crippen LogP contribution in [0.4, 0.5) is 17.1 Å². The maximum absolute atomic E-state index is 7.21. The van der Waals surface area contributed by atoms with Gasteiger partial charge in [-0.15, -0.1) is 0 Å². The minimum absolute atomic E-state index is 0.835. The summed E-state index contributed by atoms with van der Waals surface area (Å²) in [7, 11) is 0. The molecule has 0 unspecified atom stereocenters. The predicted molar refractivity (Wildman–Crippen MR) is 268 cm³/mol. The molecule has 0 bridgehead atoms. The van der Waals surface area contributed by atoms with Crippen molar-refractivity contribution in [3.05, 3.63) is 219 Å². The van der Waals surface area contributed by atoms with Gasteiger partial charge in [0.1, 0.15) is 27.8 Å². The molecule has 304 valence electrons. The van der Waals surface area contributed by atoms with Crippen LogP contribution in [0.25, 0.3) is 110 Å². The fourth-order valence-corrected chi connectivity index (χ4v) is 10.3. The number of furan rings is 2. The van der Waals surface area contributed by atoms with E-state index in [0.29, 0.717) is 0 Å². The molecule has 14 rings (SSSR count). The molecule has 0 N–H and O–H groups in total. The molecule has 0 radical (unpaired) electrons. The van der Waals surface area contributed by atoms with Crippen LogP contribution in [-0.2, 0) is 0 Å². The van der Waals surface area contributed by atoms with E-state index in [4.69, 9.17) is 13.8 Å². The number of anilines is 3. The zero-order chi connectivity index (χ0) is 42.6. The van der Waals surface area contributed by atoms with Gasteiger partial charge in [0.15, 0.2) is 0 Å². The quantitative estimate of drug-likeness (QED) is 0.167. The number of fused-ring (bicyclic) bond motifs is 14. The summed E-state index contributed by atoms with van der Waals surface area (Å²) >= 11 is 0. The van der Waals surface area contributed by atoms with Gasteiger partial charge in [0.05, 0.1) is 32.8 Å². The first-order valence-corrected chi connectivity index (χ1v) is 21.9. The number of para-hydroxylation sites is 3. The molecular weight excluding hydrogens is 797 g/mol. The maximum atomic E-state index is 7.21. The molecule has 6 nitrogen and oxygen atoms in total. The number of benzene rings is 9. The molecule has 9 aromatic carbocycles. The second-order valence-electron chi connectivity index (χ2n) is 16.7. The molecule has 5 heterocycles. The lowest BCUT2D eigenvalue weighted by Crippen LogP contribution is -2.10. The zero-order valence-corrected chi connectivity index (χ0v) is 34.9. The van der Waals surface area contributed by atoms with Crippen molar-refractivity contribution in [2.75, 3.05) is 4.90 Å². The fraction of sp³-hybridized carbons (Fsp3) is 0. The highest BCUT2D eigenvalue weighted by atomic mass is 16.3. The lowest BCUT2D eigenvalue weighted by molar-refractivity contribution is 0.669. The van der Waals surface area contributed by atoms with E-state index in [-0.39, 0.29) is 0 Å². The molecule has 65 heavy (non-hydrogen) atoms. The lowest BCUT2D eigenvalue weighted by Gasteiger charge is -2.26. The highest BCUT2D eigenvalue weighted by Crippen LogP contribution is 2.45. The van der Waals surface area contributed by atoms with Crippen LogP contribution in [0.5, 0.6) is 0 Å². The average molecular weight is 833 g/mol. The molecule has 0 atom stereocenters. The Kier molecular flexibility index (Phi) is 7.59. The van der Waals surface area contributed by atoms with Crippen molar-refractivity contribution in [3.8, 4) is 22.5 Å². The summed E-state index contributed by atoms with van der Waals surface area (Å²) in [4.78, 5) is 7.33. The topological polar surface area (TPSA) is 52.3 Å². The fourth-order valence-electron chi connectivity index (χ4n) is 10.3. The van der Waals surface area contributed by atoms with Crippen molar-refractivity contribution in [1.29, 1.82) is 0 Å². The van der Waals surface area contributed by atoms with Crippen LogP contribution in [0.15, 0.2) is 227 Å². The van der Waals surface area contributed by atoms with E-state index in [1.807, 2.05) is 24.4 Å². The Morgan fingerprint density at radius 3 is 1.71 bits per heavy atom. The number of rotatable bonds is 6. The van der Waals surface area contributed by atoms with Crippen LogP contribution in [0.2, 0.25) is 0 Å². The van der Waals surface area contributed by atoms with E-state index in [9.17, 15) is 0 Å². The summed E-state index contributed by atoms with van der Waals surface area (Å²) < 4.78 is 18.1. The largest absolute Gasteiger partial charge is 0.456 e. The van der Waals surface area contributed by atoms with E-state index in [1.54, 1.807) is 0 Å². The Labute approximate surface area is 372 Å². The van der Waals surface area contributed by atoms with Gasteiger partial charge in [-0.3, -0.25) is 4.98 Å². The van der Waals surface area contributed by atoms with E-state index in [1.165, 1.54) is 11.1 Å². The minimum Gasteiger partial charge on any atom is -0.456 e. The Morgan fingerprint density at radius 1 is 0.354 bits per heavy atom. The second-order valence-corrected chi connectivity index (χ2v) is 16.7. The third-order valence-electron chi connectivity index (χ3n) is 13.2. The van der Waals surface area contributed by atoms with Crippen LogP contribution in [0, 0.1) is 0 Å². The summed E-state index contributed by atoms with van der Waals surface area (Å²) in [5, 5.41) is 7.56. The van der Waals surface area contributed by atoms with E-state index in [0.717, 1.165) is 116 Å². The van der Waals surface area contributed by atoms with Crippen molar-refractivity contribution < 1.29 is 8.83 Å². The summed E-state index contributed by atoms with van der Waals surface area (Å²) in [5.74, 6) is 0. The lowest BCUT2D eigenvalue weighted by atomic mass is 10.0. The van der Waals surface area contributed by atoms with E-state index < -0.39 is 0 Å². The average Bonchev–Trinajstić information content (AvgIpc) is 4.12. The number of hydrogen-bond donors (Lipinski definition) is 0. The third-order valence-corrected chi connectivity index (χ3v) is 13.2. The maximum Gasteiger partial charge on any atom is 0.147 e. The molecule has 14 aromatic rings. The Hall–Kier alpha value is -8.87. The van der Waals surface area contributed by atoms with Crippen molar-refractivity contribution in [3.63, 3.8) is 0 Å². The van der Waals surface area contributed by atoms with Gasteiger partial charge in [-0.2, -0.15) is 0 Å². The van der Waals surface area contributed by atoms with Crippen molar-refractivity contribution in [2.24, 2.45) is 0 Å². The summed E-state index contributed by atoms with van der Waals surface area (Å²) in [6.45, 7) is 0. The SMILES string of the molecule is c1ccc(-c2ccc(N(c3ccccc3)c3ccc(-n4c5cccnc5c5c6oc7c(ccc8c7c7ccccc7n8-c7ccc8oc9ccccc9c8c7)c6ccc54)cc3)cc2)cc1. The molecule has 0 aliphatic carbocycles. The highest BCUT2D eigenvalue weighted by molar-refractivity contribution is 6.28. The summed E-state index contributed by atoms with van der Waals surface area (Å²) in [5.41, 5.74) is 16.4. The highest BCUT2D eigenvalue weighted by Gasteiger charge is 2.24. The molecule has 0 saturated carbocycles. The van der Waals surface area contributed by atoms with E-state index in [2.05, 4.69) is 208 Å². The Bertz CT molecular complexity index is 4160. The second kappa shape index (κ2) is 13.8. The first-order valence-electron chi connectivity index (χ1n) is 21.9. The van der Waals surface area contributed by atoms with Gasteiger partial charge in [-0.25, -0.2) is 0 Å². The number of pyridine rings is 1. The van der Waals surface area contributed by atoms with Crippen LogP contribution < -0.4 is 4.90 Å². The van der Waals surface area contributed by atoms with Crippen LogP contribution >= 0.6 is 0 Å². The van der Waals surface area contributed by atoms with Crippen molar-refractivity contribution >= 4 is 105 Å². The molecular formula is C59H36N4O2.